The number of nitrogens with zero attached hydrogens (tertiary/aromatic N) is 5. The molecule has 134 valence electrons. The molecule has 0 atom stereocenters. The molecule has 2 N–H and O–H groups in total. The van der Waals surface area contributed by atoms with Crippen molar-refractivity contribution in [2.45, 2.75) is 39.5 Å². The van der Waals surface area contributed by atoms with Crippen molar-refractivity contribution in [3.63, 3.8) is 0 Å². The van der Waals surface area contributed by atoms with E-state index in [1.807, 2.05) is 55.9 Å². The zero-order valence-electron chi connectivity index (χ0n) is 15.0. The summed E-state index contributed by atoms with van der Waals surface area (Å²) in [5, 5.41) is 17.1. The van der Waals surface area contributed by atoms with Crippen LogP contribution in [0.4, 0.5) is 5.69 Å². The van der Waals surface area contributed by atoms with E-state index in [2.05, 4.69) is 30.9 Å². The van der Waals surface area contributed by atoms with E-state index >= 15 is 0 Å². The minimum Gasteiger partial charge on any atom is -0.326 e. The fourth-order valence-electron chi connectivity index (χ4n) is 3.48. The van der Waals surface area contributed by atoms with E-state index < -0.39 is 5.41 Å². The van der Waals surface area contributed by atoms with Gasteiger partial charge >= 0.3 is 0 Å². The summed E-state index contributed by atoms with van der Waals surface area (Å²) in [5.74, 6) is 0.907. The van der Waals surface area contributed by atoms with Crippen LogP contribution in [0.5, 0.6) is 0 Å². The van der Waals surface area contributed by atoms with Crippen molar-refractivity contribution in [2.75, 3.05) is 5.32 Å². The van der Waals surface area contributed by atoms with Gasteiger partial charge in [-0.3, -0.25) is 4.79 Å². The number of tetrazole rings is 1. The molecule has 0 radical (unpaired) electrons. The maximum atomic E-state index is 12.7. The number of imidazole rings is 1. The minimum absolute atomic E-state index is 0.0275. The van der Waals surface area contributed by atoms with Gasteiger partial charge in [-0.05, 0) is 51.0 Å². The first-order valence-electron chi connectivity index (χ1n) is 8.62. The Labute approximate surface area is 151 Å². The number of hydrogen-bond donors (Lipinski definition) is 2. The molecular formula is C18H21N7O. The molecule has 4 rings (SSSR count). The quantitative estimate of drug-likeness (QED) is 0.752. The predicted octanol–water partition coefficient (Wildman–Crippen LogP) is 2.52. The second-order valence-corrected chi connectivity index (χ2v) is 7.22. The summed E-state index contributed by atoms with van der Waals surface area (Å²) in [7, 11) is 0. The van der Waals surface area contributed by atoms with E-state index in [1.54, 1.807) is 0 Å². The van der Waals surface area contributed by atoms with E-state index in [-0.39, 0.29) is 11.8 Å². The van der Waals surface area contributed by atoms with Crippen LogP contribution in [0.2, 0.25) is 0 Å². The number of anilines is 1. The Morgan fingerprint density at radius 2 is 2.00 bits per heavy atom. The number of hydrogen-bond acceptors (Lipinski definition) is 5. The van der Waals surface area contributed by atoms with Crippen LogP contribution in [0.3, 0.4) is 0 Å². The van der Waals surface area contributed by atoms with Crippen molar-refractivity contribution in [1.82, 2.24) is 30.2 Å². The summed E-state index contributed by atoms with van der Waals surface area (Å²) in [6.07, 6.45) is 3.26. The number of amides is 1. The molecule has 0 bridgehead atoms. The first-order valence-corrected chi connectivity index (χ1v) is 8.62. The van der Waals surface area contributed by atoms with Crippen molar-refractivity contribution in [1.29, 1.82) is 0 Å². The number of rotatable bonds is 4. The zero-order chi connectivity index (χ0) is 18.3. The molecule has 0 aliphatic heterocycles. The molecule has 0 spiro atoms. The lowest BCUT2D eigenvalue weighted by molar-refractivity contribution is -0.130. The number of nitrogens with one attached hydrogen (secondary N) is 2. The fourth-order valence-corrected chi connectivity index (χ4v) is 3.48. The fraction of sp³-hybridized carbons (Fsp3) is 0.389. The Morgan fingerprint density at radius 3 is 2.58 bits per heavy atom. The van der Waals surface area contributed by atoms with E-state index in [1.165, 1.54) is 0 Å². The summed E-state index contributed by atoms with van der Waals surface area (Å²) < 4.78 is 2.03. The van der Waals surface area contributed by atoms with Crippen LogP contribution in [-0.2, 0) is 4.79 Å². The number of aromatic nitrogens is 6. The highest BCUT2D eigenvalue weighted by Gasteiger charge is 2.48. The Morgan fingerprint density at radius 1 is 1.27 bits per heavy atom. The van der Waals surface area contributed by atoms with Gasteiger partial charge in [0.05, 0.1) is 12.0 Å². The van der Waals surface area contributed by atoms with Crippen LogP contribution < -0.4 is 5.32 Å². The normalized spacial score (nSPS) is 22.0. The molecule has 0 unspecified atom stereocenters. The second kappa shape index (κ2) is 6.05. The maximum Gasteiger partial charge on any atom is 0.230 e. The Balaban J connectivity index is 1.41. The molecule has 1 aromatic carbocycles. The summed E-state index contributed by atoms with van der Waals surface area (Å²) in [6.45, 7) is 6.00. The van der Waals surface area contributed by atoms with Gasteiger partial charge in [0.1, 0.15) is 0 Å². The molecule has 1 saturated carbocycles. The average molecular weight is 351 g/mol. The number of carbonyl (C=O) groups excluding carboxylic acids is 1. The summed E-state index contributed by atoms with van der Waals surface area (Å²) >= 11 is 0. The van der Waals surface area contributed by atoms with Gasteiger partial charge in [-0.25, -0.2) is 4.98 Å². The van der Waals surface area contributed by atoms with Crippen molar-refractivity contribution in [3.8, 4) is 5.69 Å². The van der Waals surface area contributed by atoms with E-state index in [9.17, 15) is 4.79 Å². The van der Waals surface area contributed by atoms with Crippen molar-refractivity contribution >= 4 is 11.6 Å². The lowest BCUT2D eigenvalue weighted by atomic mass is 9.62. The van der Waals surface area contributed by atoms with E-state index in [0.717, 1.165) is 35.6 Å². The van der Waals surface area contributed by atoms with Crippen LogP contribution in [0, 0.1) is 19.3 Å². The number of aryl methyl sites for hydroxylation is 1. The maximum absolute atomic E-state index is 12.7. The SMILES string of the molecule is Cc1ncn(-c2ccc(NC(=O)C3(C)CC(c4nn[nH]n4)C3)cc2)c1C. The smallest absolute Gasteiger partial charge is 0.230 e. The molecule has 8 heteroatoms. The second-order valence-electron chi connectivity index (χ2n) is 7.22. The molecule has 2 heterocycles. The van der Waals surface area contributed by atoms with E-state index in [0.29, 0.717) is 5.82 Å². The lowest BCUT2D eigenvalue weighted by Crippen LogP contribution is -2.43. The average Bonchev–Trinajstić information content (AvgIpc) is 3.24. The molecule has 0 saturated heterocycles. The van der Waals surface area contributed by atoms with Gasteiger partial charge < -0.3 is 9.88 Å². The predicted molar refractivity (Wildman–Crippen MR) is 95.9 cm³/mol. The van der Waals surface area contributed by atoms with Crippen LogP contribution in [0.1, 0.15) is 42.9 Å². The summed E-state index contributed by atoms with van der Waals surface area (Å²) in [4.78, 5) is 17.0. The Bertz CT molecular complexity index is 921. The Kier molecular flexibility index (Phi) is 3.82. The molecule has 26 heavy (non-hydrogen) atoms. The first kappa shape index (κ1) is 16.4. The molecule has 2 aromatic heterocycles. The largest absolute Gasteiger partial charge is 0.326 e. The van der Waals surface area contributed by atoms with Gasteiger partial charge in [-0.15, -0.1) is 10.2 Å². The highest BCUT2D eigenvalue weighted by Crippen LogP contribution is 2.50. The highest BCUT2D eigenvalue weighted by atomic mass is 16.2. The molecule has 1 aliphatic carbocycles. The van der Waals surface area contributed by atoms with Crippen molar-refractivity contribution in [2.24, 2.45) is 5.41 Å². The van der Waals surface area contributed by atoms with Gasteiger partial charge in [0.2, 0.25) is 5.91 Å². The topological polar surface area (TPSA) is 101 Å². The summed E-state index contributed by atoms with van der Waals surface area (Å²) in [5.41, 5.74) is 3.53. The third kappa shape index (κ3) is 2.77. The van der Waals surface area contributed by atoms with Gasteiger partial charge in [0.25, 0.3) is 0 Å². The Hall–Kier alpha value is -3.03. The monoisotopic (exact) mass is 351 g/mol. The van der Waals surface area contributed by atoms with Crippen LogP contribution >= 0.6 is 0 Å². The van der Waals surface area contributed by atoms with Crippen molar-refractivity contribution < 1.29 is 4.79 Å². The zero-order valence-corrected chi connectivity index (χ0v) is 15.0. The van der Waals surface area contributed by atoms with Gasteiger partial charge in [-0.2, -0.15) is 5.21 Å². The van der Waals surface area contributed by atoms with Gasteiger partial charge in [-0.1, -0.05) is 12.1 Å². The molecule has 3 aromatic rings. The third-order valence-corrected chi connectivity index (χ3v) is 5.32. The van der Waals surface area contributed by atoms with Crippen LogP contribution in [-0.4, -0.2) is 36.1 Å². The minimum atomic E-state index is -0.401. The standard InChI is InChI=1S/C18H21N7O/c1-11-12(2)25(10-19-11)15-6-4-14(5-7-15)20-17(26)18(3)8-13(9-18)16-21-23-24-22-16/h4-7,10,13H,8-9H2,1-3H3,(H,20,26)(H,21,22,23,24). The highest BCUT2D eigenvalue weighted by molar-refractivity contribution is 5.96. The summed E-state index contributed by atoms with van der Waals surface area (Å²) in [6, 6.07) is 7.80. The van der Waals surface area contributed by atoms with Crippen LogP contribution in [0.25, 0.3) is 5.69 Å². The molecule has 1 aliphatic rings. The van der Waals surface area contributed by atoms with Gasteiger partial charge in [0, 0.05) is 28.4 Å². The molecule has 1 fully saturated rings. The molecule has 1 amide bonds. The number of benzene rings is 1. The van der Waals surface area contributed by atoms with E-state index in [4.69, 9.17) is 0 Å². The third-order valence-electron chi connectivity index (χ3n) is 5.32. The number of H-pyrrole nitrogens is 1. The molecular weight excluding hydrogens is 330 g/mol. The van der Waals surface area contributed by atoms with Crippen LogP contribution in [0.15, 0.2) is 30.6 Å². The molecule has 8 nitrogen and oxygen atoms in total. The first-order chi connectivity index (χ1) is 12.5. The lowest BCUT2D eigenvalue weighted by Gasteiger charge is -2.42. The van der Waals surface area contributed by atoms with Gasteiger partial charge in [0.15, 0.2) is 5.82 Å². The van der Waals surface area contributed by atoms with Crippen molar-refractivity contribution in [3.05, 3.63) is 47.8 Å². The number of carbonyl (C=O) groups is 1. The number of aromatic amines is 1.